The molecular weight excluding hydrogens is 646 g/mol. The van der Waals surface area contributed by atoms with Crippen molar-refractivity contribution in [2.45, 2.75) is 134 Å². The highest BCUT2D eigenvalue weighted by Crippen LogP contribution is 2.36. The predicted octanol–water partition coefficient (Wildman–Crippen LogP) is 5.23. The lowest BCUT2D eigenvalue weighted by molar-refractivity contribution is -0.144. The number of amides is 5. The molecule has 1 aromatic carbocycles. The quantitative estimate of drug-likeness (QED) is 0.136. The van der Waals surface area contributed by atoms with E-state index in [0.717, 1.165) is 89.0 Å². The molecule has 1 aromatic rings. The molecule has 4 atom stereocenters. The van der Waals surface area contributed by atoms with Crippen molar-refractivity contribution >= 4 is 35.3 Å². The van der Waals surface area contributed by atoms with Crippen molar-refractivity contribution in [3.8, 4) is 0 Å². The standard InChI is InChI=1S/C40H59N5O6/c1-26(2)23-31-19-22-45(34(31)37(48)42-32(24-28-17-18-28)35(46)36(41)47)38(49)33(30-15-9-5-10-16-30)43-39(50)44-40(20-11-6-12-21-40)25-51-27(3)29-13-7-4-8-14-29/h4,7-8,13-14,26,28,30-34H,3,5-6,9-12,15-25H2,1-2H3,(H2,41,47)(H,42,48)(H2,43,44,50)/t31-,32?,33+,34?/m1/s1. The van der Waals surface area contributed by atoms with Crippen LogP contribution in [0.15, 0.2) is 36.9 Å². The molecule has 5 rings (SSSR count). The van der Waals surface area contributed by atoms with Crippen LogP contribution in [0.3, 0.4) is 0 Å². The maximum atomic E-state index is 14.7. The molecule has 3 saturated carbocycles. The first-order chi connectivity index (χ1) is 24.5. The Labute approximate surface area is 303 Å². The molecule has 0 aromatic heterocycles. The number of likely N-dealkylation sites (tertiary alicyclic amines) is 1. The van der Waals surface area contributed by atoms with Gasteiger partial charge in [-0.05, 0) is 68.6 Å². The molecule has 3 aliphatic carbocycles. The second kappa shape index (κ2) is 17.6. The van der Waals surface area contributed by atoms with Crippen LogP contribution in [-0.2, 0) is 23.9 Å². The monoisotopic (exact) mass is 705 g/mol. The van der Waals surface area contributed by atoms with Crippen LogP contribution in [0.2, 0.25) is 0 Å². The number of nitrogens with one attached hydrogen (secondary N) is 3. The fourth-order valence-electron chi connectivity index (χ4n) is 8.57. The zero-order valence-electron chi connectivity index (χ0n) is 30.6. The summed E-state index contributed by atoms with van der Waals surface area (Å²) >= 11 is 0. The fraction of sp³-hybridized carbons (Fsp3) is 0.675. The topological polar surface area (TPSA) is 160 Å². The minimum Gasteiger partial charge on any atom is -0.491 e. The molecule has 1 aliphatic heterocycles. The van der Waals surface area contributed by atoms with Crippen molar-refractivity contribution < 1.29 is 28.7 Å². The predicted molar refractivity (Wildman–Crippen MR) is 196 cm³/mol. The van der Waals surface area contributed by atoms with E-state index in [1.807, 2.05) is 30.3 Å². The minimum absolute atomic E-state index is 0.0691. The summed E-state index contributed by atoms with van der Waals surface area (Å²) in [6.07, 6.45) is 12.7. The van der Waals surface area contributed by atoms with Gasteiger partial charge in [0.2, 0.25) is 17.6 Å². The first-order valence-electron chi connectivity index (χ1n) is 19.4. The lowest BCUT2D eigenvalue weighted by Gasteiger charge is -2.40. The first-order valence-corrected chi connectivity index (χ1v) is 19.4. The van der Waals surface area contributed by atoms with Gasteiger partial charge in [0, 0.05) is 12.1 Å². The average molecular weight is 706 g/mol. The number of ketones is 1. The molecule has 280 valence electrons. The summed E-state index contributed by atoms with van der Waals surface area (Å²) in [6, 6.07) is 6.63. The number of nitrogens with two attached hydrogens (primary N) is 1. The molecule has 1 heterocycles. The lowest BCUT2D eigenvalue weighted by Crippen LogP contribution is -2.62. The summed E-state index contributed by atoms with van der Waals surface area (Å²) in [4.78, 5) is 69.1. The van der Waals surface area contributed by atoms with Gasteiger partial charge in [0.1, 0.15) is 24.4 Å². The van der Waals surface area contributed by atoms with Crippen molar-refractivity contribution in [3.63, 3.8) is 0 Å². The second-order valence-electron chi connectivity index (χ2n) is 16.0. The fourth-order valence-corrected chi connectivity index (χ4v) is 8.57. The smallest absolute Gasteiger partial charge is 0.316 e. The molecule has 11 nitrogen and oxygen atoms in total. The Morgan fingerprint density at radius 2 is 1.57 bits per heavy atom. The van der Waals surface area contributed by atoms with Gasteiger partial charge in [0.05, 0.1) is 11.6 Å². The Morgan fingerprint density at radius 1 is 0.902 bits per heavy atom. The zero-order chi connectivity index (χ0) is 36.5. The SMILES string of the molecule is C=C(OCC1(NC(=O)N[C@H](C(=O)N2CC[C@H](CC(C)C)C2C(=O)NC(CC2CC2)C(=O)C(N)=O)C2CCCCC2)CCCCC1)c1ccccc1. The van der Waals surface area contributed by atoms with Crippen LogP contribution in [0.1, 0.15) is 116 Å². The summed E-state index contributed by atoms with van der Waals surface area (Å²) in [7, 11) is 0. The van der Waals surface area contributed by atoms with Crippen LogP contribution in [0.25, 0.3) is 5.76 Å². The van der Waals surface area contributed by atoms with E-state index in [1.54, 1.807) is 4.90 Å². The largest absolute Gasteiger partial charge is 0.491 e. The van der Waals surface area contributed by atoms with Crippen molar-refractivity contribution in [2.75, 3.05) is 13.2 Å². The Bertz CT molecular complexity index is 1400. The first kappa shape index (κ1) is 38.3. The number of carbonyl (C=O) groups is 5. The molecule has 11 heteroatoms. The normalized spacial score (nSPS) is 23.2. The van der Waals surface area contributed by atoms with Crippen LogP contribution in [0.5, 0.6) is 0 Å². The van der Waals surface area contributed by atoms with Gasteiger partial charge in [-0.25, -0.2) is 4.79 Å². The maximum absolute atomic E-state index is 14.7. The number of ether oxygens (including phenoxy) is 1. The summed E-state index contributed by atoms with van der Waals surface area (Å²) in [6.45, 7) is 8.94. The van der Waals surface area contributed by atoms with E-state index >= 15 is 0 Å². The van der Waals surface area contributed by atoms with Gasteiger partial charge in [0.15, 0.2) is 0 Å². The number of hydrogen-bond donors (Lipinski definition) is 4. The molecule has 4 aliphatic rings. The molecule has 5 N–H and O–H groups in total. The van der Waals surface area contributed by atoms with E-state index in [1.165, 1.54) is 0 Å². The Kier molecular flexibility index (Phi) is 13.2. The zero-order valence-corrected chi connectivity index (χ0v) is 30.6. The van der Waals surface area contributed by atoms with Crippen molar-refractivity contribution in [2.24, 2.45) is 29.4 Å². The van der Waals surface area contributed by atoms with Gasteiger partial charge in [-0.2, -0.15) is 0 Å². The van der Waals surface area contributed by atoms with Gasteiger partial charge in [-0.1, -0.05) is 102 Å². The summed E-state index contributed by atoms with van der Waals surface area (Å²) < 4.78 is 6.19. The lowest BCUT2D eigenvalue weighted by atomic mass is 9.82. The number of urea groups is 1. The third-order valence-electron chi connectivity index (χ3n) is 11.5. The van der Waals surface area contributed by atoms with Crippen molar-refractivity contribution in [1.29, 1.82) is 0 Å². The van der Waals surface area contributed by atoms with Crippen LogP contribution < -0.4 is 21.7 Å². The molecule has 0 spiro atoms. The average Bonchev–Trinajstić information content (AvgIpc) is 3.85. The number of hydrogen-bond acceptors (Lipinski definition) is 6. The molecule has 4 fully saturated rings. The number of benzene rings is 1. The molecule has 1 saturated heterocycles. The third-order valence-corrected chi connectivity index (χ3v) is 11.5. The molecular formula is C40H59N5O6. The van der Waals surface area contributed by atoms with Gasteiger partial charge in [-0.3, -0.25) is 19.2 Å². The molecule has 0 radical (unpaired) electrons. The summed E-state index contributed by atoms with van der Waals surface area (Å²) in [5.74, 6) is -1.69. The van der Waals surface area contributed by atoms with E-state index in [-0.39, 0.29) is 36.2 Å². The number of nitrogens with zero attached hydrogens (tertiary/aromatic N) is 1. The number of primary amides is 1. The van der Waals surface area contributed by atoms with Gasteiger partial charge < -0.3 is 31.3 Å². The van der Waals surface area contributed by atoms with Crippen LogP contribution >= 0.6 is 0 Å². The van der Waals surface area contributed by atoms with Gasteiger partial charge >= 0.3 is 6.03 Å². The van der Waals surface area contributed by atoms with Gasteiger partial charge in [-0.15, -0.1) is 0 Å². The Hall–Kier alpha value is -3.89. The van der Waals surface area contributed by atoms with Gasteiger partial charge in [0.25, 0.3) is 5.91 Å². The number of rotatable bonds is 16. The number of carbonyl (C=O) groups excluding carboxylic acids is 5. The highest BCUT2D eigenvalue weighted by molar-refractivity contribution is 6.37. The van der Waals surface area contributed by atoms with Crippen molar-refractivity contribution in [3.05, 3.63) is 42.5 Å². The Morgan fingerprint density at radius 3 is 2.20 bits per heavy atom. The number of Topliss-reactive ketones (excluding diaryl/α,β-unsaturated/α-hetero) is 1. The molecule has 0 bridgehead atoms. The van der Waals surface area contributed by atoms with Crippen LogP contribution in [-0.4, -0.2) is 71.3 Å². The van der Waals surface area contributed by atoms with E-state index < -0.39 is 47.3 Å². The molecule has 51 heavy (non-hydrogen) atoms. The van der Waals surface area contributed by atoms with E-state index in [9.17, 15) is 24.0 Å². The summed E-state index contributed by atoms with van der Waals surface area (Å²) in [5.41, 5.74) is 5.65. The maximum Gasteiger partial charge on any atom is 0.316 e. The third kappa shape index (κ3) is 10.3. The highest BCUT2D eigenvalue weighted by Gasteiger charge is 2.47. The highest BCUT2D eigenvalue weighted by atomic mass is 16.5. The Balaban J connectivity index is 1.34. The second-order valence-corrected chi connectivity index (χ2v) is 16.0. The van der Waals surface area contributed by atoms with Crippen molar-refractivity contribution in [1.82, 2.24) is 20.9 Å². The van der Waals surface area contributed by atoms with E-state index in [2.05, 4.69) is 36.4 Å². The minimum atomic E-state index is -1.07. The molecule has 5 amide bonds. The molecule has 2 unspecified atom stereocenters. The summed E-state index contributed by atoms with van der Waals surface area (Å²) in [5, 5.41) is 9.21. The van der Waals surface area contributed by atoms with Crippen LogP contribution in [0, 0.1) is 23.7 Å². The van der Waals surface area contributed by atoms with E-state index in [4.69, 9.17) is 10.5 Å². The van der Waals surface area contributed by atoms with E-state index in [0.29, 0.717) is 25.1 Å². The van der Waals surface area contributed by atoms with Crippen LogP contribution in [0.4, 0.5) is 4.79 Å².